The molecule has 136 valence electrons. The number of nitrogens with one attached hydrogen (secondary N) is 2. The van der Waals surface area contributed by atoms with E-state index in [-0.39, 0.29) is 17.9 Å². The summed E-state index contributed by atoms with van der Waals surface area (Å²) < 4.78 is 26.5. The predicted octanol–water partition coefficient (Wildman–Crippen LogP) is 1.71. The minimum atomic E-state index is -2.81. The molecule has 2 N–H and O–H groups in total. The second kappa shape index (κ2) is 7.07. The van der Waals surface area contributed by atoms with Gasteiger partial charge in [0.15, 0.2) is 0 Å². The lowest BCUT2D eigenvalue weighted by Crippen LogP contribution is -2.50. The molecule has 25 heavy (non-hydrogen) atoms. The van der Waals surface area contributed by atoms with E-state index in [0.29, 0.717) is 31.5 Å². The summed E-state index contributed by atoms with van der Waals surface area (Å²) in [6, 6.07) is 6.59. The van der Waals surface area contributed by atoms with Gasteiger partial charge in [0.2, 0.25) is 5.91 Å². The van der Waals surface area contributed by atoms with Gasteiger partial charge in [0.05, 0.1) is 12.6 Å². The molecule has 2 fully saturated rings. The molecule has 0 aliphatic carbocycles. The Morgan fingerprint density at radius 2 is 1.92 bits per heavy atom. The van der Waals surface area contributed by atoms with Crippen LogP contribution in [-0.2, 0) is 4.79 Å². The standard InChI is InChI=1S/C18H23F2N3O2/c1-12-4-2-3-5-14(12)16(24)22-13-6-8-23(9-7-13)17(25)15-10-18(19,20)11-21-15/h2-5,13,15,21H,6-11H2,1H3,(H,22,24). The van der Waals surface area contributed by atoms with E-state index in [9.17, 15) is 18.4 Å². The molecule has 1 aromatic rings. The topological polar surface area (TPSA) is 61.4 Å². The van der Waals surface area contributed by atoms with Crippen molar-refractivity contribution in [3.05, 3.63) is 35.4 Å². The SMILES string of the molecule is Cc1ccccc1C(=O)NC1CCN(C(=O)C2CC(F)(F)CN2)CC1. The number of amides is 2. The molecule has 2 aliphatic heterocycles. The number of carbonyl (C=O) groups excluding carboxylic acids is 2. The first-order chi connectivity index (χ1) is 11.9. The van der Waals surface area contributed by atoms with Gasteiger partial charge in [-0.2, -0.15) is 0 Å². The van der Waals surface area contributed by atoms with Crippen LogP contribution >= 0.6 is 0 Å². The molecule has 2 amide bonds. The van der Waals surface area contributed by atoms with Crippen molar-refractivity contribution in [2.75, 3.05) is 19.6 Å². The molecule has 3 rings (SSSR count). The van der Waals surface area contributed by atoms with Crippen molar-refractivity contribution in [2.45, 2.75) is 44.2 Å². The van der Waals surface area contributed by atoms with Gasteiger partial charge < -0.3 is 10.2 Å². The number of aryl methyl sites for hydroxylation is 1. The molecule has 0 bridgehead atoms. The average Bonchev–Trinajstić information content (AvgIpc) is 2.95. The van der Waals surface area contributed by atoms with Crippen LogP contribution in [0.15, 0.2) is 24.3 Å². The maximum absolute atomic E-state index is 13.2. The summed E-state index contributed by atoms with van der Waals surface area (Å²) in [4.78, 5) is 26.3. The fraction of sp³-hybridized carbons (Fsp3) is 0.556. The lowest BCUT2D eigenvalue weighted by molar-refractivity contribution is -0.134. The van der Waals surface area contributed by atoms with Crippen LogP contribution in [0.1, 0.15) is 35.2 Å². The Kier molecular flexibility index (Phi) is 5.03. The largest absolute Gasteiger partial charge is 0.349 e. The summed E-state index contributed by atoms with van der Waals surface area (Å²) in [6.07, 6.45) is 0.828. The fourth-order valence-corrected chi connectivity index (χ4v) is 3.45. The van der Waals surface area contributed by atoms with Gasteiger partial charge in [-0.1, -0.05) is 18.2 Å². The summed E-state index contributed by atoms with van der Waals surface area (Å²) in [5, 5.41) is 5.61. The van der Waals surface area contributed by atoms with Crippen molar-refractivity contribution in [2.24, 2.45) is 0 Å². The average molecular weight is 351 g/mol. The molecule has 1 aromatic carbocycles. The highest BCUT2D eigenvalue weighted by Crippen LogP contribution is 2.26. The van der Waals surface area contributed by atoms with Gasteiger partial charge in [-0.05, 0) is 31.4 Å². The minimum Gasteiger partial charge on any atom is -0.349 e. The molecule has 2 saturated heterocycles. The lowest BCUT2D eigenvalue weighted by Gasteiger charge is -2.34. The lowest BCUT2D eigenvalue weighted by atomic mass is 10.0. The number of carbonyl (C=O) groups is 2. The normalized spacial score (nSPS) is 23.5. The summed E-state index contributed by atoms with van der Waals surface area (Å²) in [5.74, 6) is -3.18. The van der Waals surface area contributed by atoms with Gasteiger partial charge in [0, 0.05) is 31.1 Å². The van der Waals surface area contributed by atoms with Gasteiger partial charge in [-0.25, -0.2) is 8.78 Å². The zero-order valence-corrected chi connectivity index (χ0v) is 14.2. The molecular weight excluding hydrogens is 328 g/mol. The Morgan fingerprint density at radius 3 is 2.52 bits per heavy atom. The van der Waals surface area contributed by atoms with E-state index in [0.717, 1.165) is 5.56 Å². The monoisotopic (exact) mass is 351 g/mol. The molecule has 0 spiro atoms. The quantitative estimate of drug-likeness (QED) is 0.872. The zero-order chi connectivity index (χ0) is 18.0. The molecule has 1 unspecified atom stereocenters. The van der Waals surface area contributed by atoms with E-state index in [1.54, 1.807) is 11.0 Å². The third kappa shape index (κ3) is 4.15. The van der Waals surface area contributed by atoms with Gasteiger partial charge in [-0.3, -0.25) is 14.9 Å². The highest BCUT2D eigenvalue weighted by atomic mass is 19.3. The number of nitrogens with zero attached hydrogens (tertiary/aromatic N) is 1. The summed E-state index contributed by atoms with van der Waals surface area (Å²) in [5.41, 5.74) is 1.57. The molecule has 7 heteroatoms. The van der Waals surface area contributed by atoms with Crippen LogP contribution in [-0.4, -0.2) is 54.4 Å². The highest BCUT2D eigenvalue weighted by Gasteiger charge is 2.43. The second-order valence-electron chi connectivity index (χ2n) is 6.88. The highest BCUT2D eigenvalue weighted by molar-refractivity contribution is 5.95. The number of rotatable bonds is 3. The number of likely N-dealkylation sites (tertiary alicyclic amines) is 1. The minimum absolute atomic E-state index is 0.00543. The zero-order valence-electron chi connectivity index (χ0n) is 14.2. The van der Waals surface area contributed by atoms with E-state index in [1.165, 1.54) is 0 Å². The van der Waals surface area contributed by atoms with Crippen LogP contribution in [0.5, 0.6) is 0 Å². The first-order valence-corrected chi connectivity index (χ1v) is 8.62. The Balaban J connectivity index is 1.50. The third-order valence-electron chi connectivity index (χ3n) is 4.94. The van der Waals surface area contributed by atoms with Crippen LogP contribution in [0.2, 0.25) is 0 Å². The van der Waals surface area contributed by atoms with E-state index in [2.05, 4.69) is 10.6 Å². The molecule has 5 nitrogen and oxygen atoms in total. The number of hydrogen-bond acceptors (Lipinski definition) is 3. The maximum atomic E-state index is 13.2. The Hall–Kier alpha value is -2.02. The van der Waals surface area contributed by atoms with Gasteiger partial charge >= 0.3 is 0 Å². The summed E-state index contributed by atoms with van der Waals surface area (Å²) in [7, 11) is 0. The molecular formula is C18H23F2N3O2. The summed E-state index contributed by atoms with van der Waals surface area (Å²) >= 11 is 0. The van der Waals surface area contributed by atoms with E-state index in [1.807, 2.05) is 25.1 Å². The Bertz CT molecular complexity index is 657. The third-order valence-corrected chi connectivity index (χ3v) is 4.94. The van der Waals surface area contributed by atoms with Gasteiger partial charge in [0.1, 0.15) is 0 Å². The van der Waals surface area contributed by atoms with Crippen LogP contribution in [0.3, 0.4) is 0 Å². The number of hydrogen-bond donors (Lipinski definition) is 2. The van der Waals surface area contributed by atoms with Crippen molar-refractivity contribution in [3.63, 3.8) is 0 Å². The van der Waals surface area contributed by atoms with Gasteiger partial charge in [0.25, 0.3) is 11.8 Å². The molecule has 0 aromatic heterocycles. The van der Waals surface area contributed by atoms with Crippen LogP contribution in [0.4, 0.5) is 8.78 Å². The molecule has 2 heterocycles. The first-order valence-electron chi connectivity index (χ1n) is 8.62. The smallest absolute Gasteiger partial charge is 0.262 e. The van der Waals surface area contributed by atoms with Crippen LogP contribution in [0.25, 0.3) is 0 Å². The second-order valence-corrected chi connectivity index (χ2v) is 6.88. The summed E-state index contributed by atoms with van der Waals surface area (Å²) in [6.45, 7) is 2.40. The number of alkyl halides is 2. The predicted molar refractivity (Wildman–Crippen MR) is 89.6 cm³/mol. The van der Waals surface area contributed by atoms with Crippen LogP contribution < -0.4 is 10.6 Å². The van der Waals surface area contributed by atoms with Crippen molar-refractivity contribution < 1.29 is 18.4 Å². The van der Waals surface area contributed by atoms with E-state index >= 15 is 0 Å². The van der Waals surface area contributed by atoms with Crippen LogP contribution in [0, 0.1) is 6.92 Å². The Morgan fingerprint density at radius 1 is 1.24 bits per heavy atom. The molecule has 0 saturated carbocycles. The first kappa shape index (κ1) is 17.8. The fourth-order valence-electron chi connectivity index (χ4n) is 3.45. The number of piperidine rings is 1. The van der Waals surface area contributed by atoms with E-state index in [4.69, 9.17) is 0 Å². The number of halogens is 2. The maximum Gasteiger partial charge on any atom is 0.262 e. The van der Waals surface area contributed by atoms with Gasteiger partial charge in [-0.15, -0.1) is 0 Å². The van der Waals surface area contributed by atoms with Crippen molar-refractivity contribution in [3.8, 4) is 0 Å². The van der Waals surface area contributed by atoms with Crippen molar-refractivity contribution in [1.82, 2.24) is 15.5 Å². The van der Waals surface area contributed by atoms with E-state index < -0.39 is 24.9 Å². The Labute approximate surface area is 145 Å². The van der Waals surface area contributed by atoms with Crippen molar-refractivity contribution >= 4 is 11.8 Å². The molecule has 0 radical (unpaired) electrons. The van der Waals surface area contributed by atoms with Crippen molar-refractivity contribution in [1.29, 1.82) is 0 Å². The molecule has 1 atom stereocenters. The molecule has 2 aliphatic rings. The number of benzene rings is 1.